The molecule has 0 aliphatic heterocycles. The molecular formula is C17H25NO3. The highest BCUT2D eigenvalue weighted by Crippen LogP contribution is 2.26. The molecule has 2 rings (SSSR count). The fourth-order valence-corrected chi connectivity index (χ4v) is 2.88. The van der Waals surface area contributed by atoms with Gasteiger partial charge in [-0.05, 0) is 30.5 Å². The number of methoxy groups -OCH3 is 1. The highest BCUT2D eigenvalue weighted by Gasteiger charge is 2.28. The number of benzene rings is 1. The molecule has 116 valence electrons. The molecule has 1 fully saturated rings. The Kier molecular flexibility index (Phi) is 5.76. The minimum atomic E-state index is -0.740. The molecule has 1 saturated carbocycles. The second-order valence-corrected chi connectivity index (χ2v) is 5.95. The molecule has 4 nitrogen and oxygen atoms in total. The first-order chi connectivity index (χ1) is 10.1. The summed E-state index contributed by atoms with van der Waals surface area (Å²) in [5, 5.41) is 13.4. The monoisotopic (exact) mass is 291 g/mol. The predicted octanol–water partition coefficient (Wildman–Crippen LogP) is 2.65. The molecule has 1 aliphatic carbocycles. The minimum absolute atomic E-state index is 0.134. The summed E-state index contributed by atoms with van der Waals surface area (Å²) in [5.74, 6) is -0.134. The van der Waals surface area contributed by atoms with E-state index < -0.39 is 5.60 Å². The molecule has 0 spiro atoms. The zero-order valence-corrected chi connectivity index (χ0v) is 12.7. The van der Waals surface area contributed by atoms with Crippen LogP contribution in [0.15, 0.2) is 24.3 Å². The van der Waals surface area contributed by atoms with E-state index in [2.05, 4.69) is 5.32 Å². The van der Waals surface area contributed by atoms with Crippen LogP contribution < -0.4 is 5.32 Å². The van der Waals surface area contributed by atoms with Crippen LogP contribution in [0.25, 0.3) is 0 Å². The molecule has 2 N–H and O–H groups in total. The third-order valence-electron chi connectivity index (χ3n) is 4.11. The van der Waals surface area contributed by atoms with Gasteiger partial charge in [-0.15, -0.1) is 0 Å². The van der Waals surface area contributed by atoms with E-state index in [4.69, 9.17) is 4.74 Å². The van der Waals surface area contributed by atoms with Gasteiger partial charge in [0.1, 0.15) is 0 Å². The average Bonchev–Trinajstić information content (AvgIpc) is 2.71. The maximum atomic E-state index is 12.2. The molecule has 0 bridgehead atoms. The first-order valence-corrected chi connectivity index (χ1v) is 7.71. The number of ether oxygens (including phenoxy) is 1. The molecular weight excluding hydrogens is 266 g/mol. The topological polar surface area (TPSA) is 58.6 Å². The Hall–Kier alpha value is -1.39. The fourth-order valence-electron chi connectivity index (χ4n) is 2.88. The predicted molar refractivity (Wildman–Crippen MR) is 82.1 cm³/mol. The van der Waals surface area contributed by atoms with Crippen molar-refractivity contribution in [2.75, 3.05) is 13.7 Å². The summed E-state index contributed by atoms with van der Waals surface area (Å²) >= 11 is 0. The zero-order chi connectivity index (χ0) is 15.1. The summed E-state index contributed by atoms with van der Waals surface area (Å²) in [6.45, 7) is 0.825. The van der Waals surface area contributed by atoms with Gasteiger partial charge < -0.3 is 15.2 Å². The number of amides is 1. The standard InChI is InChI=1S/C17H25NO3/c1-21-12-14-7-6-8-15(11-14)16(19)18-13-17(20)9-4-2-3-5-10-17/h6-8,11,20H,2-5,9-10,12-13H2,1H3,(H,18,19). The SMILES string of the molecule is COCc1cccc(C(=O)NCC2(O)CCCCCC2)c1. The molecule has 0 saturated heterocycles. The maximum Gasteiger partial charge on any atom is 0.251 e. The van der Waals surface area contributed by atoms with Crippen molar-refractivity contribution < 1.29 is 14.6 Å². The van der Waals surface area contributed by atoms with Gasteiger partial charge in [-0.2, -0.15) is 0 Å². The highest BCUT2D eigenvalue weighted by molar-refractivity contribution is 5.94. The van der Waals surface area contributed by atoms with Gasteiger partial charge in [0.05, 0.1) is 12.2 Å². The molecule has 0 unspecified atom stereocenters. The molecule has 1 aliphatic rings. The number of nitrogens with one attached hydrogen (secondary N) is 1. The summed E-state index contributed by atoms with van der Waals surface area (Å²) in [6, 6.07) is 7.39. The molecule has 4 heteroatoms. The van der Waals surface area contributed by atoms with E-state index in [1.807, 2.05) is 18.2 Å². The van der Waals surface area contributed by atoms with E-state index in [-0.39, 0.29) is 5.91 Å². The number of aliphatic hydroxyl groups is 1. The first-order valence-electron chi connectivity index (χ1n) is 7.71. The molecule has 1 aromatic rings. The van der Waals surface area contributed by atoms with Crippen LogP contribution in [0, 0.1) is 0 Å². The van der Waals surface area contributed by atoms with Crippen molar-refractivity contribution in [3.8, 4) is 0 Å². The number of hydrogen-bond acceptors (Lipinski definition) is 3. The first kappa shape index (κ1) is 16.0. The number of carbonyl (C=O) groups excluding carboxylic acids is 1. The Morgan fingerprint density at radius 2 is 2.00 bits per heavy atom. The quantitative estimate of drug-likeness (QED) is 0.820. The Balaban J connectivity index is 1.93. The number of rotatable bonds is 5. The van der Waals surface area contributed by atoms with Crippen LogP contribution in [0.1, 0.15) is 54.4 Å². The second-order valence-electron chi connectivity index (χ2n) is 5.95. The lowest BCUT2D eigenvalue weighted by Gasteiger charge is -2.26. The van der Waals surface area contributed by atoms with Gasteiger partial charge in [0.2, 0.25) is 0 Å². The van der Waals surface area contributed by atoms with E-state index in [9.17, 15) is 9.90 Å². The van der Waals surface area contributed by atoms with Crippen LogP contribution >= 0.6 is 0 Å². The summed E-state index contributed by atoms with van der Waals surface area (Å²) in [4.78, 5) is 12.2. The average molecular weight is 291 g/mol. The largest absolute Gasteiger partial charge is 0.388 e. The molecule has 1 aromatic carbocycles. The minimum Gasteiger partial charge on any atom is -0.388 e. The Morgan fingerprint density at radius 3 is 2.67 bits per heavy atom. The van der Waals surface area contributed by atoms with E-state index in [1.165, 1.54) is 12.8 Å². The smallest absolute Gasteiger partial charge is 0.251 e. The highest BCUT2D eigenvalue weighted by atomic mass is 16.5. The lowest BCUT2D eigenvalue weighted by atomic mass is 9.94. The summed E-state index contributed by atoms with van der Waals surface area (Å²) in [7, 11) is 1.63. The second kappa shape index (κ2) is 7.57. The van der Waals surface area contributed by atoms with Crippen LogP contribution in [-0.2, 0) is 11.3 Å². The Morgan fingerprint density at radius 1 is 1.29 bits per heavy atom. The van der Waals surface area contributed by atoms with Crippen molar-refractivity contribution in [2.24, 2.45) is 0 Å². The van der Waals surface area contributed by atoms with Crippen molar-refractivity contribution >= 4 is 5.91 Å². The Labute approximate surface area is 126 Å². The van der Waals surface area contributed by atoms with E-state index in [0.717, 1.165) is 31.2 Å². The summed E-state index contributed by atoms with van der Waals surface area (Å²) in [5.41, 5.74) is 0.844. The van der Waals surface area contributed by atoms with Gasteiger partial charge in [-0.3, -0.25) is 4.79 Å². The molecule has 0 aromatic heterocycles. The summed E-state index contributed by atoms with van der Waals surface area (Å²) < 4.78 is 5.08. The third-order valence-corrected chi connectivity index (χ3v) is 4.11. The van der Waals surface area contributed by atoms with E-state index in [1.54, 1.807) is 13.2 Å². The number of hydrogen-bond donors (Lipinski definition) is 2. The van der Waals surface area contributed by atoms with Crippen molar-refractivity contribution in [3.63, 3.8) is 0 Å². The van der Waals surface area contributed by atoms with Gasteiger partial charge in [-0.25, -0.2) is 0 Å². The molecule has 0 atom stereocenters. The molecule has 21 heavy (non-hydrogen) atoms. The van der Waals surface area contributed by atoms with Crippen molar-refractivity contribution in [1.29, 1.82) is 0 Å². The zero-order valence-electron chi connectivity index (χ0n) is 12.7. The van der Waals surface area contributed by atoms with E-state index >= 15 is 0 Å². The molecule has 1 amide bonds. The van der Waals surface area contributed by atoms with Crippen LogP contribution in [0.4, 0.5) is 0 Å². The van der Waals surface area contributed by atoms with Crippen molar-refractivity contribution in [1.82, 2.24) is 5.32 Å². The van der Waals surface area contributed by atoms with Gasteiger partial charge in [0.25, 0.3) is 5.91 Å². The van der Waals surface area contributed by atoms with Crippen LogP contribution in [0.5, 0.6) is 0 Å². The third kappa shape index (κ3) is 4.83. The Bertz CT molecular complexity index is 465. The van der Waals surface area contributed by atoms with Crippen LogP contribution in [-0.4, -0.2) is 30.3 Å². The van der Waals surface area contributed by atoms with Gasteiger partial charge in [-0.1, -0.05) is 37.8 Å². The van der Waals surface area contributed by atoms with E-state index in [0.29, 0.717) is 18.7 Å². The lowest BCUT2D eigenvalue weighted by Crippen LogP contribution is -2.42. The maximum absolute atomic E-state index is 12.2. The lowest BCUT2D eigenvalue weighted by molar-refractivity contribution is 0.0246. The normalized spacial score (nSPS) is 18.0. The fraction of sp³-hybridized carbons (Fsp3) is 0.588. The van der Waals surface area contributed by atoms with Gasteiger partial charge in [0.15, 0.2) is 0 Å². The number of carbonyl (C=O) groups is 1. The van der Waals surface area contributed by atoms with Crippen molar-refractivity contribution in [2.45, 2.75) is 50.7 Å². The van der Waals surface area contributed by atoms with Crippen LogP contribution in [0.3, 0.4) is 0 Å². The summed E-state index contributed by atoms with van der Waals surface area (Å²) in [6.07, 6.45) is 5.98. The van der Waals surface area contributed by atoms with Crippen LogP contribution in [0.2, 0.25) is 0 Å². The molecule has 0 heterocycles. The van der Waals surface area contributed by atoms with Gasteiger partial charge >= 0.3 is 0 Å². The van der Waals surface area contributed by atoms with Crippen molar-refractivity contribution in [3.05, 3.63) is 35.4 Å². The molecule has 0 radical (unpaired) electrons. The van der Waals surface area contributed by atoms with Gasteiger partial charge in [0, 0.05) is 19.2 Å².